The molecular weight excluding hydrogens is 268 g/mol. The Balaban J connectivity index is 2.01. The number of carbonyl (C=O) groups excluding carboxylic acids is 1. The molecule has 1 amide bonds. The summed E-state index contributed by atoms with van der Waals surface area (Å²) in [5.41, 5.74) is 1.34. The quantitative estimate of drug-likeness (QED) is 0.919. The molecule has 0 unspecified atom stereocenters. The SMILES string of the molecule is Cc1cnc(=O)n(CCC(=O)Nc2ccccc2C#N)c1. The van der Waals surface area contributed by atoms with Crippen molar-refractivity contribution in [1.29, 1.82) is 5.26 Å². The topological polar surface area (TPSA) is 87.8 Å². The summed E-state index contributed by atoms with van der Waals surface area (Å²) in [6.07, 6.45) is 3.28. The molecule has 0 saturated heterocycles. The van der Waals surface area contributed by atoms with E-state index in [1.165, 1.54) is 10.8 Å². The summed E-state index contributed by atoms with van der Waals surface area (Å²) in [6, 6.07) is 8.77. The molecule has 6 heteroatoms. The van der Waals surface area contributed by atoms with Gasteiger partial charge < -0.3 is 5.32 Å². The Kier molecular flexibility index (Phi) is 4.46. The first-order chi connectivity index (χ1) is 10.1. The normalized spacial score (nSPS) is 9.90. The van der Waals surface area contributed by atoms with Gasteiger partial charge in [0.15, 0.2) is 0 Å². The fraction of sp³-hybridized carbons (Fsp3) is 0.200. The van der Waals surface area contributed by atoms with Crippen molar-refractivity contribution >= 4 is 11.6 Å². The van der Waals surface area contributed by atoms with E-state index < -0.39 is 0 Å². The molecule has 0 aliphatic heterocycles. The van der Waals surface area contributed by atoms with Gasteiger partial charge in [-0.15, -0.1) is 0 Å². The minimum atomic E-state index is -0.383. The van der Waals surface area contributed by atoms with Crippen molar-refractivity contribution in [2.24, 2.45) is 0 Å². The van der Waals surface area contributed by atoms with Crippen LogP contribution in [-0.4, -0.2) is 15.5 Å². The lowest BCUT2D eigenvalue weighted by Crippen LogP contribution is -2.25. The zero-order valence-corrected chi connectivity index (χ0v) is 11.5. The Morgan fingerprint density at radius 2 is 2.19 bits per heavy atom. The lowest BCUT2D eigenvalue weighted by atomic mass is 10.2. The van der Waals surface area contributed by atoms with Crippen LogP contribution in [0.25, 0.3) is 0 Å². The van der Waals surface area contributed by atoms with Crippen molar-refractivity contribution in [2.75, 3.05) is 5.32 Å². The van der Waals surface area contributed by atoms with E-state index in [2.05, 4.69) is 10.3 Å². The number of aromatic nitrogens is 2. The van der Waals surface area contributed by atoms with Crippen molar-refractivity contribution in [3.63, 3.8) is 0 Å². The molecule has 2 aromatic rings. The van der Waals surface area contributed by atoms with Gasteiger partial charge in [-0.3, -0.25) is 9.36 Å². The first-order valence-electron chi connectivity index (χ1n) is 6.42. The molecule has 0 bridgehead atoms. The molecule has 1 N–H and O–H groups in total. The molecule has 0 aliphatic carbocycles. The third-order valence-corrected chi connectivity index (χ3v) is 2.89. The van der Waals surface area contributed by atoms with Crippen molar-refractivity contribution in [3.8, 4) is 6.07 Å². The van der Waals surface area contributed by atoms with Crippen molar-refractivity contribution in [1.82, 2.24) is 9.55 Å². The number of nitrogens with zero attached hydrogens (tertiary/aromatic N) is 3. The predicted molar refractivity (Wildman–Crippen MR) is 77.6 cm³/mol. The van der Waals surface area contributed by atoms with Crippen LogP contribution in [0, 0.1) is 18.3 Å². The molecule has 0 fully saturated rings. The lowest BCUT2D eigenvalue weighted by Gasteiger charge is -2.08. The van der Waals surface area contributed by atoms with Gasteiger partial charge >= 0.3 is 5.69 Å². The highest BCUT2D eigenvalue weighted by Crippen LogP contribution is 2.13. The molecule has 0 saturated carbocycles. The third kappa shape index (κ3) is 3.76. The number of hydrogen-bond acceptors (Lipinski definition) is 4. The highest BCUT2D eigenvalue weighted by atomic mass is 16.2. The standard InChI is InChI=1S/C15H14N4O2/c1-11-9-17-15(21)19(10-11)7-6-14(20)18-13-5-3-2-4-12(13)8-16/h2-5,9-10H,6-7H2,1H3,(H,18,20). The zero-order chi connectivity index (χ0) is 15.2. The number of aryl methyl sites for hydroxylation is 2. The van der Waals surface area contributed by atoms with Gasteiger partial charge in [-0.2, -0.15) is 5.26 Å². The number of hydrogen-bond donors (Lipinski definition) is 1. The van der Waals surface area contributed by atoms with E-state index in [0.717, 1.165) is 5.56 Å². The summed E-state index contributed by atoms with van der Waals surface area (Å²) < 4.78 is 1.39. The van der Waals surface area contributed by atoms with E-state index in [9.17, 15) is 9.59 Å². The summed E-state index contributed by atoms with van der Waals surface area (Å²) in [5.74, 6) is -0.258. The maximum atomic E-state index is 11.9. The molecule has 2 rings (SSSR count). The number of nitriles is 1. The highest BCUT2D eigenvalue weighted by molar-refractivity contribution is 5.92. The van der Waals surface area contributed by atoms with Gasteiger partial charge in [0.05, 0.1) is 11.3 Å². The highest BCUT2D eigenvalue weighted by Gasteiger charge is 2.07. The van der Waals surface area contributed by atoms with E-state index >= 15 is 0 Å². The van der Waals surface area contributed by atoms with E-state index in [0.29, 0.717) is 11.3 Å². The van der Waals surface area contributed by atoms with Crippen LogP contribution < -0.4 is 11.0 Å². The second-order valence-corrected chi connectivity index (χ2v) is 4.56. The number of benzene rings is 1. The number of rotatable bonds is 4. The molecule has 6 nitrogen and oxygen atoms in total. The molecule has 1 aromatic carbocycles. The van der Waals surface area contributed by atoms with E-state index in [1.54, 1.807) is 30.5 Å². The van der Waals surface area contributed by atoms with Crippen LogP contribution in [0.15, 0.2) is 41.5 Å². The van der Waals surface area contributed by atoms with Gasteiger partial charge in [0.25, 0.3) is 0 Å². The summed E-state index contributed by atoms with van der Waals surface area (Å²) in [6.45, 7) is 2.07. The molecular formula is C15H14N4O2. The fourth-order valence-corrected chi connectivity index (χ4v) is 1.85. The van der Waals surface area contributed by atoms with Crippen molar-refractivity contribution < 1.29 is 4.79 Å². The summed E-state index contributed by atoms with van der Waals surface area (Å²) in [7, 11) is 0. The monoisotopic (exact) mass is 282 g/mol. The largest absolute Gasteiger partial charge is 0.347 e. The smallest absolute Gasteiger partial charge is 0.325 e. The Bertz CT molecular complexity index is 759. The molecule has 0 radical (unpaired) electrons. The van der Waals surface area contributed by atoms with Crippen molar-refractivity contribution in [2.45, 2.75) is 19.9 Å². The third-order valence-electron chi connectivity index (χ3n) is 2.89. The van der Waals surface area contributed by atoms with Crippen LogP contribution in [-0.2, 0) is 11.3 Å². The van der Waals surface area contributed by atoms with Gasteiger partial charge in [0.1, 0.15) is 6.07 Å². The number of anilines is 1. The molecule has 1 heterocycles. The molecule has 0 atom stereocenters. The minimum absolute atomic E-state index is 0.130. The van der Waals surface area contributed by atoms with Gasteiger partial charge in [0, 0.05) is 25.4 Å². The maximum absolute atomic E-state index is 11.9. The molecule has 1 aromatic heterocycles. The van der Waals surface area contributed by atoms with Crippen LogP contribution >= 0.6 is 0 Å². The van der Waals surface area contributed by atoms with Gasteiger partial charge in [-0.25, -0.2) is 9.78 Å². The number of carbonyl (C=O) groups is 1. The average Bonchev–Trinajstić information content (AvgIpc) is 2.49. The van der Waals surface area contributed by atoms with Gasteiger partial charge in [-0.1, -0.05) is 12.1 Å². The molecule has 21 heavy (non-hydrogen) atoms. The molecule has 0 aliphatic rings. The second-order valence-electron chi connectivity index (χ2n) is 4.56. The Morgan fingerprint density at radius 1 is 1.43 bits per heavy atom. The van der Waals surface area contributed by atoms with Gasteiger partial charge in [0.2, 0.25) is 5.91 Å². The van der Waals surface area contributed by atoms with E-state index in [-0.39, 0.29) is 24.6 Å². The van der Waals surface area contributed by atoms with Crippen LogP contribution in [0.5, 0.6) is 0 Å². The van der Waals surface area contributed by atoms with Crippen LogP contribution in [0.1, 0.15) is 17.5 Å². The number of amides is 1. The van der Waals surface area contributed by atoms with Crippen LogP contribution in [0.3, 0.4) is 0 Å². The first kappa shape index (κ1) is 14.5. The van der Waals surface area contributed by atoms with E-state index in [4.69, 9.17) is 5.26 Å². The van der Waals surface area contributed by atoms with Gasteiger partial charge in [-0.05, 0) is 24.6 Å². The average molecular weight is 282 g/mol. The van der Waals surface area contributed by atoms with Crippen LogP contribution in [0.2, 0.25) is 0 Å². The maximum Gasteiger partial charge on any atom is 0.347 e. The number of nitrogens with one attached hydrogen (secondary N) is 1. The summed E-state index contributed by atoms with van der Waals surface area (Å²) in [5, 5.41) is 11.6. The lowest BCUT2D eigenvalue weighted by molar-refractivity contribution is -0.116. The summed E-state index contributed by atoms with van der Waals surface area (Å²) >= 11 is 0. The predicted octanol–water partition coefficient (Wildman–Crippen LogP) is 1.45. The zero-order valence-electron chi connectivity index (χ0n) is 11.5. The second kappa shape index (κ2) is 6.48. The fourth-order valence-electron chi connectivity index (χ4n) is 1.85. The Hall–Kier alpha value is -2.94. The molecule has 106 valence electrons. The Morgan fingerprint density at radius 3 is 2.95 bits per heavy atom. The van der Waals surface area contributed by atoms with Crippen molar-refractivity contribution in [3.05, 3.63) is 58.3 Å². The molecule has 0 spiro atoms. The first-order valence-corrected chi connectivity index (χ1v) is 6.42. The minimum Gasteiger partial charge on any atom is -0.325 e. The number of para-hydroxylation sites is 1. The summed E-state index contributed by atoms with van der Waals surface area (Å²) in [4.78, 5) is 27.1. The Labute approximate surface area is 121 Å². The van der Waals surface area contributed by atoms with Crippen LogP contribution in [0.4, 0.5) is 5.69 Å². The van der Waals surface area contributed by atoms with E-state index in [1.807, 2.05) is 13.0 Å².